The number of nitrogens with one attached hydrogen (secondary N) is 1. The molecule has 0 bridgehead atoms. The molecule has 3 N–H and O–H groups in total. The molecule has 2 rings (SSSR count). The summed E-state index contributed by atoms with van der Waals surface area (Å²) in [6.07, 6.45) is -1.24. The number of sulfonamides is 1. The normalized spacial score (nSPS) is 12.5. The lowest BCUT2D eigenvalue weighted by Gasteiger charge is -2.14. The van der Waals surface area contributed by atoms with E-state index in [1.165, 1.54) is 6.92 Å². The third-order valence-electron chi connectivity index (χ3n) is 3.98. The molecule has 150 valence electrons. The van der Waals surface area contributed by atoms with E-state index in [1.54, 1.807) is 12.1 Å². The van der Waals surface area contributed by atoms with Gasteiger partial charge in [-0.3, -0.25) is 4.79 Å². The van der Waals surface area contributed by atoms with Crippen LogP contribution < -0.4 is 10.5 Å². The van der Waals surface area contributed by atoms with E-state index in [0.29, 0.717) is 11.6 Å². The summed E-state index contributed by atoms with van der Waals surface area (Å²) in [7, 11) is -4.12. The number of hydrogen-bond acceptors (Lipinski definition) is 5. The van der Waals surface area contributed by atoms with Crippen molar-refractivity contribution >= 4 is 27.6 Å². The Kier molecular flexibility index (Phi) is 6.52. The van der Waals surface area contributed by atoms with Crippen molar-refractivity contribution in [2.24, 2.45) is 5.14 Å². The molecule has 0 aliphatic heterocycles. The molecule has 0 heterocycles. The van der Waals surface area contributed by atoms with E-state index in [0.717, 1.165) is 23.8 Å². The highest BCUT2D eigenvalue weighted by molar-refractivity contribution is 7.89. The smallest absolute Gasteiger partial charge is 0.341 e. The van der Waals surface area contributed by atoms with E-state index in [2.05, 4.69) is 5.32 Å². The highest BCUT2D eigenvalue weighted by Gasteiger charge is 2.23. The fraction of sp³-hybridized carbons (Fsp3) is 0.263. The Morgan fingerprint density at radius 2 is 1.68 bits per heavy atom. The number of rotatable bonds is 6. The molecule has 2 aromatic carbocycles. The third kappa shape index (κ3) is 5.37. The highest BCUT2D eigenvalue weighted by Crippen LogP contribution is 2.18. The molecule has 2 aromatic rings. The lowest BCUT2D eigenvalue weighted by atomic mass is 10.0. The number of esters is 1. The van der Waals surface area contributed by atoms with Crippen molar-refractivity contribution in [3.63, 3.8) is 0 Å². The molecule has 0 fully saturated rings. The SMILES string of the molecule is CC(C)c1ccc(NC(=O)[C@H](C)OC(=O)c2cc(S(N)(=O)=O)ccc2F)cc1. The van der Waals surface area contributed by atoms with E-state index >= 15 is 0 Å². The van der Waals surface area contributed by atoms with Crippen molar-refractivity contribution in [1.82, 2.24) is 0 Å². The largest absolute Gasteiger partial charge is 0.449 e. The van der Waals surface area contributed by atoms with Gasteiger partial charge in [-0.25, -0.2) is 22.7 Å². The molecule has 0 unspecified atom stereocenters. The number of hydrogen-bond donors (Lipinski definition) is 2. The fourth-order valence-corrected chi connectivity index (χ4v) is 2.85. The highest BCUT2D eigenvalue weighted by atomic mass is 32.2. The number of ether oxygens (including phenoxy) is 1. The van der Waals surface area contributed by atoms with Gasteiger partial charge in [-0.15, -0.1) is 0 Å². The lowest BCUT2D eigenvalue weighted by Crippen LogP contribution is -2.30. The number of carbonyl (C=O) groups is 2. The van der Waals surface area contributed by atoms with Gasteiger partial charge in [0, 0.05) is 5.69 Å². The molecule has 1 amide bonds. The Morgan fingerprint density at radius 3 is 2.21 bits per heavy atom. The Hall–Kier alpha value is -2.78. The van der Waals surface area contributed by atoms with Gasteiger partial charge in [-0.1, -0.05) is 26.0 Å². The van der Waals surface area contributed by atoms with E-state index < -0.39 is 44.3 Å². The number of carbonyl (C=O) groups excluding carboxylic acids is 2. The molecule has 0 aliphatic rings. The van der Waals surface area contributed by atoms with Gasteiger partial charge in [0.25, 0.3) is 5.91 Å². The molecule has 0 aromatic heterocycles. The van der Waals surface area contributed by atoms with Gasteiger partial charge >= 0.3 is 5.97 Å². The maximum atomic E-state index is 13.9. The molecule has 9 heteroatoms. The monoisotopic (exact) mass is 408 g/mol. The summed E-state index contributed by atoms with van der Waals surface area (Å²) in [5, 5.41) is 7.56. The van der Waals surface area contributed by atoms with Crippen molar-refractivity contribution in [2.75, 3.05) is 5.32 Å². The summed E-state index contributed by atoms with van der Waals surface area (Å²) in [6, 6.07) is 9.66. The number of anilines is 1. The maximum absolute atomic E-state index is 13.9. The lowest BCUT2D eigenvalue weighted by molar-refractivity contribution is -0.123. The van der Waals surface area contributed by atoms with Crippen molar-refractivity contribution in [2.45, 2.75) is 37.7 Å². The predicted octanol–water partition coefficient (Wildman–Crippen LogP) is 2.78. The average molecular weight is 408 g/mol. The summed E-state index contributed by atoms with van der Waals surface area (Å²) in [6.45, 7) is 5.40. The zero-order chi connectivity index (χ0) is 21.1. The van der Waals surface area contributed by atoms with E-state index in [9.17, 15) is 22.4 Å². The first kappa shape index (κ1) is 21.5. The van der Waals surface area contributed by atoms with Gasteiger partial charge in [-0.2, -0.15) is 0 Å². The zero-order valence-corrected chi connectivity index (χ0v) is 16.4. The summed E-state index contributed by atoms with van der Waals surface area (Å²) in [4.78, 5) is 23.9. The van der Waals surface area contributed by atoms with Crippen molar-refractivity contribution in [3.8, 4) is 0 Å². The topological polar surface area (TPSA) is 116 Å². The minimum Gasteiger partial charge on any atom is -0.449 e. The molecule has 0 aliphatic carbocycles. The molecular weight excluding hydrogens is 387 g/mol. The Bertz CT molecular complexity index is 988. The third-order valence-corrected chi connectivity index (χ3v) is 4.90. The molecular formula is C19H21FN2O5S. The zero-order valence-electron chi connectivity index (χ0n) is 15.6. The first-order valence-electron chi connectivity index (χ1n) is 8.43. The first-order chi connectivity index (χ1) is 13.0. The van der Waals surface area contributed by atoms with Crippen LogP contribution >= 0.6 is 0 Å². The van der Waals surface area contributed by atoms with Crippen LogP contribution in [-0.2, 0) is 19.6 Å². The summed E-state index contributed by atoms with van der Waals surface area (Å²) in [5.41, 5.74) is 0.981. The quantitative estimate of drug-likeness (QED) is 0.713. The number of amides is 1. The average Bonchev–Trinajstić information content (AvgIpc) is 2.61. The van der Waals surface area contributed by atoms with Crippen LogP contribution in [0.25, 0.3) is 0 Å². The Labute approximate surface area is 162 Å². The number of halogens is 1. The Morgan fingerprint density at radius 1 is 1.07 bits per heavy atom. The van der Waals surface area contributed by atoms with E-state index in [1.807, 2.05) is 26.0 Å². The first-order valence-corrected chi connectivity index (χ1v) is 9.98. The fourth-order valence-electron chi connectivity index (χ4n) is 2.31. The Balaban J connectivity index is 2.08. The second-order valence-electron chi connectivity index (χ2n) is 6.50. The molecule has 0 spiro atoms. The van der Waals surface area contributed by atoms with Crippen LogP contribution in [0.2, 0.25) is 0 Å². The molecule has 0 saturated heterocycles. The summed E-state index contributed by atoms with van der Waals surface area (Å²) >= 11 is 0. The second-order valence-corrected chi connectivity index (χ2v) is 8.06. The summed E-state index contributed by atoms with van der Waals surface area (Å²) < 4.78 is 41.5. The van der Waals surface area contributed by atoms with Gasteiger partial charge in [0.15, 0.2) is 6.10 Å². The minimum absolute atomic E-state index is 0.340. The van der Waals surface area contributed by atoms with Gasteiger partial charge in [0.2, 0.25) is 10.0 Å². The molecule has 1 atom stereocenters. The predicted molar refractivity (Wildman–Crippen MR) is 102 cm³/mol. The van der Waals surface area contributed by atoms with Crippen LogP contribution in [0.1, 0.15) is 42.6 Å². The van der Waals surface area contributed by atoms with Gasteiger partial charge < -0.3 is 10.1 Å². The second kappa shape index (κ2) is 8.49. The maximum Gasteiger partial charge on any atom is 0.341 e. The van der Waals surface area contributed by atoms with Gasteiger partial charge in [0.05, 0.1) is 10.5 Å². The van der Waals surface area contributed by atoms with Crippen LogP contribution in [0.15, 0.2) is 47.4 Å². The number of nitrogens with two attached hydrogens (primary N) is 1. The number of primary sulfonamides is 1. The molecule has 0 saturated carbocycles. The number of benzene rings is 2. The minimum atomic E-state index is -4.12. The van der Waals surface area contributed by atoms with Crippen molar-refractivity contribution in [3.05, 3.63) is 59.4 Å². The van der Waals surface area contributed by atoms with Crippen LogP contribution in [0, 0.1) is 5.82 Å². The van der Waals surface area contributed by atoms with E-state index in [4.69, 9.17) is 9.88 Å². The molecule has 0 radical (unpaired) electrons. The van der Waals surface area contributed by atoms with Crippen LogP contribution in [0.3, 0.4) is 0 Å². The van der Waals surface area contributed by atoms with Crippen LogP contribution in [-0.4, -0.2) is 26.4 Å². The van der Waals surface area contributed by atoms with Crippen LogP contribution in [0.4, 0.5) is 10.1 Å². The van der Waals surface area contributed by atoms with Crippen molar-refractivity contribution < 1.29 is 27.1 Å². The molecule has 28 heavy (non-hydrogen) atoms. The van der Waals surface area contributed by atoms with E-state index in [-0.39, 0.29) is 0 Å². The summed E-state index contributed by atoms with van der Waals surface area (Å²) in [5.74, 6) is -2.45. The van der Waals surface area contributed by atoms with Crippen molar-refractivity contribution in [1.29, 1.82) is 0 Å². The standard InChI is InChI=1S/C19H21FN2O5S/c1-11(2)13-4-6-14(7-5-13)22-18(23)12(3)27-19(24)16-10-15(28(21,25)26)8-9-17(16)20/h4-12H,1-3H3,(H,22,23)(H2,21,25,26)/t12-/m0/s1. The van der Waals surface area contributed by atoms with Crippen LogP contribution in [0.5, 0.6) is 0 Å². The van der Waals surface area contributed by atoms with Gasteiger partial charge in [0.1, 0.15) is 5.82 Å². The van der Waals surface area contributed by atoms with Gasteiger partial charge in [-0.05, 0) is 48.7 Å². The molecule has 7 nitrogen and oxygen atoms in total.